The second-order valence-electron chi connectivity index (χ2n) is 6.35. The van der Waals surface area contributed by atoms with E-state index in [0.29, 0.717) is 11.9 Å². The maximum Gasteiger partial charge on any atom is 0.137 e. The van der Waals surface area contributed by atoms with E-state index in [4.69, 9.17) is 0 Å². The third-order valence-electron chi connectivity index (χ3n) is 5.04. The number of hydrogen-bond donors (Lipinski definition) is 1. The number of halogens is 2. The smallest absolute Gasteiger partial charge is 0.137 e. The van der Waals surface area contributed by atoms with Gasteiger partial charge >= 0.3 is 0 Å². The molecule has 1 aromatic carbocycles. The van der Waals surface area contributed by atoms with Gasteiger partial charge in [-0.2, -0.15) is 5.10 Å². The van der Waals surface area contributed by atoms with Crippen molar-refractivity contribution in [3.63, 3.8) is 0 Å². The molecule has 1 aromatic heterocycles. The zero-order chi connectivity index (χ0) is 15.8. The minimum absolute atomic E-state index is 0.0557. The minimum Gasteiger partial charge on any atom is -0.387 e. The third-order valence-corrected chi connectivity index (χ3v) is 6.28. The first-order chi connectivity index (χ1) is 10.5. The zero-order valence-electron chi connectivity index (χ0n) is 12.4. The summed E-state index contributed by atoms with van der Waals surface area (Å²) in [5, 5.41) is 16.4. The summed E-state index contributed by atoms with van der Waals surface area (Å²) in [5.41, 5.74) is -0.284. The molecule has 6 heteroatoms. The molecule has 0 spiro atoms. The molecule has 22 heavy (non-hydrogen) atoms. The van der Waals surface area contributed by atoms with Crippen LogP contribution in [-0.4, -0.2) is 30.8 Å². The van der Waals surface area contributed by atoms with E-state index in [2.05, 4.69) is 32.9 Å². The van der Waals surface area contributed by atoms with Crippen LogP contribution >= 0.6 is 15.9 Å². The van der Waals surface area contributed by atoms with Crippen LogP contribution in [0.4, 0.5) is 4.39 Å². The summed E-state index contributed by atoms with van der Waals surface area (Å²) in [6.45, 7) is 2.46. The van der Waals surface area contributed by atoms with Gasteiger partial charge in [-0.3, -0.25) is 4.68 Å². The molecule has 1 aliphatic rings. The van der Waals surface area contributed by atoms with Crippen molar-refractivity contribution in [2.75, 3.05) is 5.33 Å². The molecule has 1 aliphatic carbocycles. The highest BCUT2D eigenvalue weighted by Crippen LogP contribution is 2.55. The minimum atomic E-state index is -0.970. The average molecular weight is 368 g/mol. The van der Waals surface area contributed by atoms with Crippen molar-refractivity contribution in [2.24, 2.45) is 5.41 Å². The van der Waals surface area contributed by atoms with Crippen LogP contribution in [-0.2, 0) is 6.54 Å². The molecule has 0 bridgehead atoms. The SMILES string of the molecule is CC1(CBr)CCC(c2ccc(F)cc2)C1(O)Cn1cncn1. The summed E-state index contributed by atoms with van der Waals surface area (Å²) in [6.07, 6.45) is 4.84. The van der Waals surface area contributed by atoms with E-state index in [9.17, 15) is 9.50 Å². The summed E-state index contributed by atoms with van der Waals surface area (Å²) < 4.78 is 14.9. The number of aliphatic hydroxyl groups is 1. The number of aromatic nitrogens is 3. The van der Waals surface area contributed by atoms with Gasteiger partial charge in [-0.15, -0.1) is 0 Å². The van der Waals surface area contributed by atoms with Gasteiger partial charge in [-0.05, 0) is 30.5 Å². The van der Waals surface area contributed by atoms with Crippen molar-refractivity contribution in [3.8, 4) is 0 Å². The van der Waals surface area contributed by atoms with E-state index < -0.39 is 5.60 Å². The van der Waals surface area contributed by atoms with Gasteiger partial charge in [0.25, 0.3) is 0 Å². The predicted octanol–water partition coefficient (Wildman–Crippen LogP) is 3.13. The van der Waals surface area contributed by atoms with Gasteiger partial charge in [-0.1, -0.05) is 35.0 Å². The number of alkyl halides is 1. The molecule has 1 N–H and O–H groups in total. The van der Waals surface area contributed by atoms with Gasteiger partial charge < -0.3 is 5.11 Å². The first-order valence-electron chi connectivity index (χ1n) is 7.35. The van der Waals surface area contributed by atoms with E-state index in [-0.39, 0.29) is 17.2 Å². The topological polar surface area (TPSA) is 50.9 Å². The Morgan fingerprint density at radius 1 is 1.41 bits per heavy atom. The average Bonchev–Trinajstić information content (AvgIpc) is 3.09. The van der Waals surface area contributed by atoms with Crippen molar-refractivity contribution < 1.29 is 9.50 Å². The largest absolute Gasteiger partial charge is 0.387 e. The molecular weight excluding hydrogens is 349 g/mol. The fourth-order valence-electron chi connectivity index (χ4n) is 3.52. The molecule has 0 amide bonds. The van der Waals surface area contributed by atoms with Crippen molar-refractivity contribution in [2.45, 2.75) is 37.8 Å². The van der Waals surface area contributed by atoms with Crippen molar-refractivity contribution >= 4 is 15.9 Å². The summed E-state index contributed by atoms with van der Waals surface area (Å²) in [6, 6.07) is 6.45. The second-order valence-corrected chi connectivity index (χ2v) is 6.92. The predicted molar refractivity (Wildman–Crippen MR) is 85.2 cm³/mol. The zero-order valence-corrected chi connectivity index (χ0v) is 14.0. The van der Waals surface area contributed by atoms with Gasteiger partial charge in [0, 0.05) is 16.7 Å². The molecule has 0 radical (unpaired) electrons. The van der Waals surface area contributed by atoms with Crippen molar-refractivity contribution in [1.82, 2.24) is 14.8 Å². The lowest BCUT2D eigenvalue weighted by Gasteiger charge is -2.42. The van der Waals surface area contributed by atoms with Crippen LogP contribution in [0, 0.1) is 11.2 Å². The normalized spacial score (nSPS) is 31.5. The van der Waals surface area contributed by atoms with E-state index in [1.165, 1.54) is 18.5 Å². The molecule has 0 saturated heterocycles. The Bertz CT molecular complexity index is 633. The van der Waals surface area contributed by atoms with Gasteiger partial charge in [0.2, 0.25) is 0 Å². The molecule has 118 valence electrons. The standard InChI is InChI=1S/C16H19BrFN3O/c1-15(8-17)7-6-14(12-2-4-13(18)5-3-12)16(15,22)9-21-11-19-10-20-21/h2-5,10-11,14,22H,6-9H2,1H3. The summed E-state index contributed by atoms with van der Waals surface area (Å²) in [7, 11) is 0. The number of rotatable bonds is 4. The molecule has 1 fully saturated rings. The maximum atomic E-state index is 13.2. The second kappa shape index (κ2) is 5.74. The summed E-state index contributed by atoms with van der Waals surface area (Å²) in [5.74, 6) is -0.315. The van der Waals surface area contributed by atoms with Gasteiger partial charge in [0.15, 0.2) is 0 Å². The van der Waals surface area contributed by atoms with Crippen molar-refractivity contribution in [1.29, 1.82) is 0 Å². The lowest BCUT2D eigenvalue weighted by molar-refractivity contribution is -0.0684. The van der Waals surface area contributed by atoms with Crippen LogP contribution in [0.5, 0.6) is 0 Å². The first kappa shape index (κ1) is 15.6. The highest BCUT2D eigenvalue weighted by molar-refractivity contribution is 9.09. The van der Waals surface area contributed by atoms with Gasteiger partial charge in [0.05, 0.1) is 12.1 Å². The Morgan fingerprint density at radius 2 is 2.14 bits per heavy atom. The van der Waals surface area contributed by atoms with Crippen molar-refractivity contribution in [3.05, 3.63) is 48.3 Å². The summed E-state index contributed by atoms with van der Waals surface area (Å²) >= 11 is 3.56. The van der Waals surface area contributed by atoms with E-state index in [1.54, 1.807) is 23.1 Å². The monoisotopic (exact) mass is 367 g/mol. The van der Waals surface area contributed by atoms with Gasteiger partial charge in [0.1, 0.15) is 18.5 Å². The van der Waals surface area contributed by atoms with Crippen LogP contribution in [0.25, 0.3) is 0 Å². The Labute approximate surface area is 137 Å². The fraction of sp³-hybridized carbons (Fsp3) is 0.500. The quantitative estimate of drug-likeness (QED) is 0.844. The van der Waals surface area contributed by atoms with E-state index in [1.807, 2.05) is 0 Å². The highest BCUT2D eigenvalue weighted by atomic mass is 79.9. The van der Waals surface area contributed by atoms with E-state index in [0.717, 1.165) is 18.4 Å². The Kier molecular flexibility index (Phi) is 4.07. The molecule has 3 unspecified atom stereocenters. The number of nitrogens with zero attached hydrogens (tertiary/aromatic N) is 3. The molecule has 0 aliphatic heterocycles. The van der Waals surface area contributed by atoms with E-state index >= 15 is 0 Å². The van der Waals surface area contributed by atoms with Crippen LogP contribution < -0.4 is 0 Å². The molecule has 1 saturated carbocycles. The Morgan fingerprint density at radius 3 is 2.73 bits per heavy atom. The molecule has 1 heterocycles. The van der Waals surface area contributed by atoms with Gasteiger partial charge in [-0.25, -0.2) is 9.37 Å². The molecule has 4 nitrogen and oxygen atoms in total. The Balaban J connectivity index is 1.99. The van der Waals surface area contributed by atoms with Crippen LogP contribution in [0.2, 0.25) is 0 Å². The molecule has 2 aromatic rings. The molecular formula is C16H19BrFN3O. The molecule has 3 rings (SSSR count). The number of hydrogen-bond acceptors (Lipinski definition) is 3. The van der Waals surface area contributed by atoms with Crippen LogP contribution in [0.3, 0.4) is 0 Å². The molecule has 3 atom stereocenters. The lowest BCUT2D eigenvalue weighted by Crippen LogP contribution is -2.50. The first-order valence-corrected chi connectivity index (χ1v) is 8.47. The maximum absolute atomic E-state index is 13.2. The highest BCUT2D eigenvalue weighted by Gasteiger charge is 2.56. The lowest BCUT2D eigenvalue weighted by atomic mass is 9.72. The summed E-state index contributed by atoms with van der Waals surface area (Å²) in [4.78, 5) is 3.96. The Hall–Kier alpha value is -1.27. The van der Waals surface area contributed by atoms with Crippen LogP contribution in [0.15, 0.2) is 36.9 Å². The number of benzene rings is 1. The third kappa shape index (κ3) is 2.48. The fourth-order valence-corrected chi connectivity index (χ4v) is 4.29. The van der Waals surface area contributed by atoms with Crippen LogP contribution in [0.1, 0.15) is 31.2 Å².